The molecule has 0 saturated carbocycles. The smallest absolute Gasteiger partial charge is 0.160 e. The molecule has 12 aromatic rings. The van der Waals surface area contributed by atoms with Gasteiger partial charge in [-0.15, -0.1) is 0 Å². The first kappa shape index (κ1) is 35.1. The van der Waals surface area contributed by atoms with Crippen LogP contribution in [0, 0.1) is 0 Å². The zero-order valence-corrected chi connectivity index (χ0v) is 34.4. The van der Waals surface area contributed by atoms with E-state index in [0.29, 0.717) is 5.82 Å². The summed E-state index contributed by atoms with van der Waals surface area (Å²) >= 11 is 0. The molecule has 298 valence electrons. The molecule has 9 aromatic carbocycles. The number of furan rings is 1. The Kier molecular flexibility index (Phi) is 7.26. The van der Waals surface area contributed by atoms with Gasteiger partial charge in [-0.25, -0.2) is 9.97 Å². The highest BCUT2D eigenvalue weighted by molar-refractivity contribution is 6.14. The molecule has 2 aliphatic heterocycles. The first-order chi connectivity index (χ1) is 31.7. The highest BCUT2D eigenvalue weighted by Gasteiger charge is 2.50. The van der Waals surface area contributed by atoms with Crippen LogP contribution < -0.4 is 4.74 Å². The number of para-hydroxylation sites is 4. The van der Waals surface area contributed by atoms with E-state index in [4.69, 9.17) is 19.1 Å². The second-order valence-corrected chi connectivity index (χ2v) is 16.8. The van der Waals surface area contributed by atoms with E-state index < -0.39 is 5.41 Å². The molecule has 0 aliphatic carbocycles. The zero-order valence-electron chi connectivity index (χ0n) is 34.4. The van der Waals surface area contributed by atoms with Gasteiger partial charge in [0.25, 0.3) is 0 Å². The molecule has 0 radical (unpaired) electrons. The topological polar surface area (TPSA) is 53.1 Å². The van der Waals surface area contributed by atoms with E-state index in [1.807, 2.05) is 48.5 Å². The van der Waals surface area contributed by atoms with Gasteiger partial charge in [0.2, 0.25) is 0 Å². The monoisotopic (exact) mass is 817 g/mol. The minimum absolute atomic E-state index is 0.627. The van der Waals surface area contributed by atoms with Gasteiger partial charge in [0.05, 0.1) is 33.5 Å². The maximum absolute atomic E-state index is 7.00. The van der Waals surface area contributed by atoms with E-state index in [0.717, 1.165) is 83.8 Å². The van der Waals surface area contributed by atoms with Gasteiger partial charge < -0.3 is 13.7 Å². The van der Waals surface area contributed by atoms with Crippen LogP contribution in [0.25, 0.3) is 94.5 Å². The van der Waals surface area contributed by atoms with Crippen molar-refractivity contribution in [3.8, 4) is 62.2 Å². The number of aromatic nitrogens is 3. The van der Waals surface area contributed by atoms with Crippen molar-refractivity contribution in [2.75, 3.05) is 0 Å². The minimum atomic E-state index is -0.627. The van der Waals surface area contributed by atoms with Crippen molar-refractivity contribution in [3.05, 3.63) is 235 Å². The number of hydrogen-bond donors (Lipinski definition) is 0. The number of rotatable bonds is 4. The van der Waals surface area contributed by atoms with E-state index in [2.05, 4.69) is 168 Å². The molecule has 3 aromatic heterocycles. The fourth-order valence-corrected chi connectivity index (χ4v) is 10.8. The SMILES string of the molecule is c1ccc(-c2cc(-c3cccc4oc5ccc(-c6ccc7c(c6)Oc6ccccc6C76c7ccccc7-n7c8ccccc8c8cccc6c87)cc5c34)nc(-c3ccccc3)n2)cc1. The number of ether oxygens (including phenoxy) is 1. The van der Waals surface area contributed by atoms with Gasteiger partial charge in [0.1, 0.15) is 22.7 Å². The standard InChI is InChI=1S/C59H35N3O2/c1-3-15-36(16-4-1)48-35-49(61-58(60-48)37-17-5-2-6-18-37)42-21-14-28-54-56(42)43-33-38(30-32-52(43)63-54)39-29-31-46-55(34-39)64-53-27-12-9-23-45(53)59(46)44-22-8-11-26-51(44)62-50-25-10-7-19-40(50)41-20-13-24-47(59)57(41)62/h1-35H. The Morgan fingerprint density at radius 3 is 1.97 bits per heavy atom. The Labute approximate surface area is 368 Å². The summed E-state index contributed by atoms with van der Waals surface area (Å²) < 4.78 is 16.1. The lowest BCUT2D eigenvalue weighted by Gasteiger charge is -2.45. The van der Waals surface area contributed by atoms with Crippen LogP contribution in [-0.2, 0) is 5.41 Å². The highest BCUT2D eigenvalue weighted by Crippen LogP contribution is 2.60. The molecule has 5 nitrogen and oxygen atoms in total. The molecule has 5 heteroatoms. The summed E-state index contributed by atoms with van der Waals surface area (Å²) in [5, 5.41) is 4.53. The summed E-state index contributed by atoms with van der Waals surface area (Å²) in [5.74, 6) is 2.38. The number of hydrogen-bond acceptors (Lipinski definition) is 4. The molecule has 0 bridgehead atoms. The van der Waals surface area contributed by atoms with E-state index >= 15 is 0 Å². The second kappa shape index (κ2) is 13.2. The summed E-state index contributed by atoms with van der Waals surface area (Å²) in [6, 6.07) is 75.2. The third-order valence-electron chi connectivity index (χ3n) is 13.5. The predicted octanol–water partition coefficient (Wildman–Crippen LogP) is 14.9. The lowest BCUT2D eigenvalue weighted by molar-refractivity contribution is 0.434. The minimum Gasteiger partial charge on any atom is -0.457 e. The van der Waals surface area contributed by atoms with Crippen molar-refractivity contribution < 1.29 is 9.15 Å². The van der Waals surface area contributed by atoms with Gasteiger partial charge in [-0.1, -0.05) is 164 Å². The van der Waals surface area contributed by atoms with Crippen molar-refractivity contribution in [1.29, 1.82) is 0 Å². The summed E-state index contributed by atoms with van der Waals surface area (Å²) in [7, 11) is 0. The van der Waals surface area contributed by atoms with Gasteiger partial charge >= 0.3 is 0 Å². The summed E-state index contributed by atoms with van der Waals surface area (Å²) in [4.78, 5) is 10.3. The van der Waals surface area contributed by atoms with Crippen molar-refractivity contribution in [2.45, 2.75) is 5.41 Å². The van der Waals surface area contributed by atoms with Crippen molar-refractivity contribution in [3.63, 3.8) is 0 Å². The van der Waals surface area contributed by atoms with E-state index in [9.17, 15) is 0 Å². The van der Waals surface area contributed by atoms with E-state index in [1.54, 1.807) is 0 Å². The average molecular weight is 818 g/mol. The zero-order chi connectivity index (χ0) is 41.9. The third kappa shape index (κ3) is 4.83. The quantitative estimate of drug-likeness (QED) is 0.178. The summed E-state index contributed by atoms with van der Waals surface area (Å²) in [6.07, 6.45) is 0. The van der Waals surface area contributed by atoms with E-state index in [1.165, 1.54) is 38.6 Å². The Hall–Kier alpha value is -8.54. The molecule has 14 rings (SSSR count). The van der Waals surface area contributed by atoms with Crippen LogP contribution in [0.2, 0.25) is 0 Å². The van der Waals surface area contributed by atoms with Crippen LogP contribution in [-0.4, -0.2) is 14.5 Å². The average Bonchev–Trinajstić information content (AvgIpc) is 3.92. The Morgan fingerprint density at radius 1 is 0.406 bits per heavy atom. The van der Waals surface area contributed by atoms with E-state index in [-0.39, 0.29) is 0 Å². The molecule has 64 heavy (non-hydrogen) atoms. The molecule has 0 fully saturated rings. The first-order valence-corrected chi connectivity index (χ1v) is 21.7. The van der Waals surface area contributed by atoms with Crippen molar-refractivity contribution >= 4 is 43.7 Å². The summed E-state index contributed by atoms with van der Waals surface area (Å²) in [5.41, 5.74) is 16.2. The second-order valence-electron chi connectivity index (χ2n) is 16.8. The Balaban J connectivity index is 0.969. The first-order valence-electron chi connectivity index (χ1n) is 21.7. The lowest BCUT2D eigenvalue weighted by Crippen LogP contribution is -2.37. The maximum atomic E-state index is 7.00. The van der Waals surface area contributed by atoms with Crippen molar-refractivity contribution in [2.24, 2.45) is 0 Å². The largest absolute Gasteiger partial charge is 0.457 e. The molecule has 1 atom stereocenters. The Morgan fingerprint density at radius 2 is 1.08 bits per heavy atom. The van der Waals surface area contributed by atoms with Crippen LogP contribution in [0.5, 0.6) is 11.5 Å². The third-order valence-corrected chi connectivity index (χ3v) is 13.5. The van der Waals surface area contributed by atoms with Crippen LogP contribution in [0.15, 0.2) is 217 Å². The van der Waals surface area contributed by atoms with Gasteiger partial charge in [0.15, 0.2) is 5.82 Å². The van der Waals surface area contributed by atoms with Crippen LogP contribution in [0.1, 0.15) is 22.3 Å². The van der Waals surface area contributed by atoms with Gasteiger partial charge in [-0.05, 0) is 70.8 Å². The van der Waals surface area contributed by atoms with Crippen LogP contribution >= 0.6 is 0 Å². The molecule has 2 aliphatic rings. The Bertz CT molecular complexity index is 3830. The molecule has 5 heterocycles. The van der Waals surface area contributed by atoms with Crippen LogP contribution in [0.3, 0.4) is 0 Å². The molecule has 0 saturated heterocycles. The van der Waals surface area contributed by atoms with Crippen LogP contribution in [0.4, 0.5) is 0 Å². The maximum Gasteiger partial charge on any atom is 0.160 e. The molecule has 0 N–H and O–H groups in total. The molecule has 0 amide bonds. The summed E-state index contributed by atoms with van der Waals surface area (Å²) in [6.45, 7) is 0. The number of fused-ring (bicyclic) bond motifs is 14. The van der Waals surface area contributed by atoms with Crippen molar-refractivity contribution in [1.82, 2.24) is 14.5 Å². The predicted molar refractivity (Wildman–Crippen MR) is 257 cm³/mol. The lowest BCUT2D eigenvalue weighted by atomic mass is 9.61. The van der Waals surface area contributed by atoms with Gasteiger partial charge in [-0.3, -0.25) is 0 Å². The molecule has 1 unspecified atom stereocenters. The number of benzene rings is 9. The number of nitrogens with zero attached hydrogens (tertiary/aromatic N) is 3. The fraction of sp³-hybridized carbons (Fsp3) is 0.0169. The highest BCUT2D eigenvalue weighted by atomic mass is 16.5. The van der Waals surface area contributed by atoms with Gasteiger partial charge in [-0.2, -0.15) is 0 Å². The van der Waals surface area contributed by atoms with Gasteiger partial charge in [0, 0.05) is 49.4 Å². The normalized spacial score (nSPS) is 14.8. The molecular formula is C59H35N3O2. The molecule has 1 spiro atoms. The fourth-order valence-electron chi connectivity index (χ4n) is 10.8. The molecular weight excluding hydrogens is 783 g/mol.